The highest BCUT2D eigenvalue weighted by Crippen LogP contribution is 2.28. The van der Waals surface area contributed by atoms with Crippen molar-refractivity contribution in [3.63, 3.8) is 0 Å². The molecular formula is C24H23N3O4. The van der Waals surface area contributed by atoms with Crippen LogP contribution < -0.4 is 5.56 Å². The molecular weight excluding hydrogens is 394 g/mol. The Balaban J connectivity index is 1.64. The average molecular weight is 417 g/mol. The average Bonchev–Trinajstić information content (AvgIpc) is 2.81. The number of ether oxygens (including phenoxy) is 1. The number of rotatable bonds is 4. The second-order valence-corrected chi connectivity index (χ2v) is 7.92. The Hall–Kier alpha value is -3.13. The lowest BCUT2D eigenvalue weighted by molar-refractivity contribution is -0.0458. The Morgan fingerprint density at radius 3 is 2.52 bits per heavy atom. The van der Waals surface area contributed by atoms with Gasteiger partial charge >= 0.3 is 0 Å². The fourth-order valence-corrected chi connectivity index (χ4v) is 4.33. The predicted molar refractivity (Wildman–Crippen MR) is 117 cm³/mol. The molecule has 7 heteroatoms. The van der Waals surface area contributed by atoms with E-state index in [-0.39, 0.29) is 17.3 Å². The molecule has 5 rings (SSSR count). The van der Waals surface area contributed by atoms with Crippen LogP contribution in [0.4, 0.5) is 0 Å². The summed E-state index contributed by atoms with van der Waals surface area (Å²) in [7, 11) is 0. The highest BCUT2D eigenvalue weighted by Gasteiger charge is 2.19. The summed E-state index contributed by atoms with van der Waals surface area (Å²) < 4.78 is 7.19. The Morgan fingerprint density at radius 2 is 1.81 bits per heavy atom. The van der Waals surface area contributed by atoms with Crippen LogP contribution in [0.25, 0.3) is 21.7 Å². The Labute approximate surface area is 178 Å². The van der Waals surface area contributed by atoms with Crippen LogP contribution >= 0.6 is 0 Å². The van der Waals surface area contributed by atoms with Gasteiger partial charge in [-0.25, -0.2) is 4.98 Å². The van der Waals surface area contributed by atoms with Crippen LogP contribution in [-0.4, -0.2) is 38.0 Å². The molecule has 0 atom stereocenters. The number of hydrogen-bond donors (Lipinski definition) is 2. The van der Waals surface area contributed by atoms with E-state index in [1.165, 1.54) is 0 Å². The van der Waals surface area contributed by atoms with E-state index in [9.17, 15) is 15.0 Å². The van der Waals surface area contributed by atoms with Crippen molar-refractivity contribution in [2.24, 2.45) is 0 Å². The molecule has 3 heterocycles. The first-order chi connectivity index (χ1) is 15.1. The second kappa shape index (κ2) is 8.19. The molecule has 1 fully saturated rings. The predicted octanol–water partition coefficient (Wildman–Crippen LogP) is 2.87. The maximum atomic E-state index is 13.4. The van der Waals surface area contributed by atoms with Gasteiger partial charge in [-0.15, -0.1) is 0 Å². The van der Waals surface area contributed by atoms with Crippen LogP contribution in [0.5, 0.6) is 0 Å². The summed E-state index contributed by atoms with van der Waals surface area (Å²) in [6, 6.07) is 13.4. The quantitative estimate of drug-likeness (QED) is 0.391. The Bertz CT molecular complexity index is 1290. The van der Waals surface area contributed by atoms with Crippen LogP contribution in [-0.2, 0) is 11.2 Å². The monoisotopic (exact) mass is 417 g/mol. The number of benzene rings is 2. The van der Waals surface area contributed by atoms with Gasteiger partial charge in [0.2, 0.25) is 0 Å². The minimum Gasteiger partial charge on any atom is -0.381 e. The third-order valence-electron chi connectivity index (χ3n) is 5.97. The molecule has 0 radical (unpaired) electrons. The summed E-state index contributed by atoms with van der Waals surface area (Å²) in [5, 5.41) is 21.1. The van der Waals surface area contributed by atoms with Crippen molar-refractivity contribution < 1.29 is 14.9 Å². The first-order valence-electron chi connectivity index (χ1n) is 10.4. The first-order valence-corrected chi connectivity index (χ1v) is 10.4. The molecule has 0 bridgehead atoms. The summed E-state index contributed by atoms with van der Waals surface area (Å²) >= 11 is 0. The molecule has 0 saturated carbocycles. The van der Waals surface area contributed by atoms with E-state index in [2.05, 4.69) is 9.97 Å². The molecule has 1 aliphatic heterocycles. The lowest BCUT2D eigenvalue weighted by atomic mass is 9.96. The minimum atomic E-state index is -1.59. The molecule has 2 aromatic heterocycles. The number of nitrogens with zero attached hydrogens (tertiary/aromatic N) is 3. The molecule has 0 spiro atoms. The SMILES string of the molecule is O=c1c2cc(Cc3ccc(C(O)O)nc3)c3ccccc3c2ncn1C1CCOCC1. The number of aromatic nitrogens is 3. The molecule has 4 aromatic rings. The number of aliphatic hydroxyl groups excluding tert-OH is 1. The van der Waals surface area contributed by atoms with Gasteiger partial charge in [-0.05, 0) is 47.9 Å². The first kappa shape index (κ1) is 19.8. The number of hydrogen-bond acceptors (Lipinski definition) is 6. The Kier molecular flexibility index (Phi) is 5.23. The van der Waals surface area contributed by atoms with Gasteiger partial charge < -0.3 is 14.9 Å². The van der Waals surface area contributed by atoms with Gasteiger partial charge in [0.05, 0.1) is 22.9 Å². The minimum absolute atomic E-state index is 0.0271. The zero-order chi connectivity index (χ0) is 21.4. The van der Waals surface area contributed by atoms with Gasteiger partial charge in [0.15, 0.2) is 6.29 Å². The summed E-state index contributed by atoms with van der Waals surface area (Å²) in [6.45, 7) is 1.31. The van der Waals surface area contributed by atoms with Gasteiger partial charge in [-0.2, -0.15) is 0 Å². The zero-order valence-corrected chi connectivity index (χ0v) is 16.9. The van der Waals surface area contributed by atoms with E-state index in [4.69, 9.17) is 4.74 Å². The van der Waals surface area contributed by atoms with Crippen molar-refractivity contribution in [1.82, 2.24) is 14.5 Å². The highest BCUT2D eigenvalue weighted by atomic mass is 16.5. The normalized spacial score (nSPS) is 15.2. The van der Waals surface area contributed by atoms with Crippen molar-refractivity contribution in [3.8, 4) is 0 Å². The molecule has 2 aromatic carbocycles. The van der Waals surface area contributed by atoms with E-state index >= 15 is 0 Å². The molecule has 0 amide bonds. The largest absolute Gasteiger partial charge is 0.381 e. The van der Waals surface area contributed by atoms with Crippen LogP contribution in [0, 0.1) is 0 Å². The van der Waals surface area contributed by atoms with Gasteiger partial charge in [-0.3, -0.25) is 14.3 Å². The molecule has 0 unspecified atom stereocenters. The summed E-state index contributed by atoms with van der Waals surface area (Å²) in [6.07, 6.45) is 3.90. The van der Waals surface area contributed by atoms with Crippen molar-refractivity contribution in [2.45, 2.75) is 31.6 Å². The Morgan fingerprint density at radius 1 is 1.03 bits per heavy atom. The maximum absolute atomic E-state index is 13.4. The number of aliphatic hydroxyl groups is 2. The molecule has 2 N–H and O–H groups in total. The molecule has 1 saturated heterocycles. The molecule has 1 aliphatic rings. The molecule has 158 valence electrons. The van der Waals surface area contributed by atoms with E-state index in [1.807, 2.05) is 36.4 Å². The standard InChI is InChI=1S/C24H23N3O4/c28-23-20-12-16(11-15-5-6-21(24(29)30)25-13-15)18-3-1-2-4-19(18)22(20)26-14-27(23)17-7-9-31-10-8-17/h1-6,12-14,17,24,29-30H,7-11H2. The lowest BCUT2D eigenvalue weighted by Crippen LogP contribution is -2.29. The lowest BCUT2D eigenvalue weighted by Gasteiger charge is -2.24. The van der Waals surface area contributed by atoms with Crippen molar-refractivity contribution in [3.05, 3.63) is 82.2 Å². The smallest absolute Gasteiger partial charge is 0.261 e. The van der Waals surface area contributed by atoms with Gasteiger partial charge in [0.25, 0.3) is 5.56 Å². The van der Waals surface area contributed by atoms with E-state index in [1.54, 1.807) is 23.2 Å². The second-order valence-electron chi connectivity index (χ2n) is 7.92. The third kappa shape index (κ3) is 3.72. The van der Waals surface area contributed by atoms with Gasteiger partial charge in [-0.1, -0.05) is 30.3 Å². The summed E-state index contributed by atoms with van der Waals surface area (Å²) in [4.78, 5) is 22.2. The summed E-state index contributed by atoms with van der Waals surface area (Å²) in [5.74, 6) is 0. The summed E-state index contributed by atoms with van der Waals surface area (Å²) in [5.41, 5.74) is 2.81. The van der Waals surface area contributed by atoms with Gasteiger partial charge in [0.1, 0.15) is 0 Å². The van der Waals surface area contributed by atoms with E-state index < -0.39 is 6.29 Å². The molecule has 31 heavy (non-hydrogen) atoms. The van der Waals surface area contributed by atoms with Crippen molar-refractivity contribution in [1.29, 1.82) is 0 Å². The van der Waals surface area contributed by atoms with Crippen LogP contribution in [0.1, 0.15) is 42.0 Å². The third-order valence-corrected chi connectivity index (χ3v) is 5.97. The highest BCUT2D eigenvalue weighted by molar-refractivity contribution is 6.06. The van der Waals surface area contributed by atoms with Crippen LogP contribution in [0.3, 0.4) is 0 Å². The van der Waals surface area contributed by atoms with Gasteiger partial charge in [0, 0.05) is 30.8 Å². The zero-order valence-electron chi connectivity index (χ0n) is 16.9. The molecule has 7 nitrogen and oxygen atoms in total. The number of pyridine rings is 1. The number of fused-ring (bicyclic) bond motifs is 3. The van der Waals surface area contributed by atoms with Crippen LogP contribution in [0.2, 0.25) is 0 Å². The van der Waals surface area contributed by atoms with Crippen molar-refractivity contribution >= 4 is 21.7 Å². The fourth-order valence-electron chi connectivity index (χ4n) is 4.33. The van der Waals surface area contributed by atoms with Crippen LogP contribution in [0.15, 0.2) is 59.8 Å². The topological polar surface area (TPSA) is 97.5 Å². The maximum Gasteiger partial charge on any atom is 0.261 e. The van der Waals surface area contributed by atoms with E-state index in [0.717, 1.165) is 34.7 Å². The molecule has 0 aliphatic carbocycles. The fraction of sp³-hybridized carbons (Fsp3) is 0.292. The van der Waals surface area contributed by atoms with E-state index in [0.29, 0.717) is 30.5 Å². The van der Waals surface area contributed by atoms with Crippen molar-refractivity contribution in [2.75, 3.05) is 13.2 Å².